The topological polar surface area (TPSA) is 44.5 Å². The first-order chi connectivity index (χ1) is 7.31. The predicted octanol–water partition coefficient (Wildman–Crippen LogP) is 2.24. The number of benzene rings is 1. The maximum Gasteiger partial charge on any atom is 0.161 e. The highest BCUT2D eigenvalue weighted by molar-refractivity contribution is 5.85. The summed E-state index contributed by atoms with van der Waals surface area (Å²) in [6.45, 7) is 0.716. The summed E-state index contributed by atoms with van der Waals surface area (Å²) in [6.07, 6.45) is 0.333. The zero-order chi connectivity index (χ0) is 10.7. The Balaban J connectivity index is 0.00000128. The van der Waals surface area contributed by atoms with Crippen LogP contribution < -0.4 is 15.2 Å². The summed E-state index contributed by atoms with van der Waals surface area (Å²) in [5.74, 6) is 1.44. The van der Waals surface area contributed by atoms with E-state index >= 15 is 0 Å². The van der Waals surface area contributed by atoms with E-state index in [9.17, 15) is 4.39 Å². The quantitative estimate of drug-likeness (QED) is 0.891. The lowest BCUT2D eigenvalue weighted by Crippen LogP contribution is -2.17. The van der Waals surface area contributed by atoms with E-state index in [1.807, 2.05) is 18.2 Å². The smallest absolute Gasteiger partial charge is 0.161 e. The Labute approximate surface area is 100 Å². The lowest BCUT2D eigenvalue weighted by molar-refractivity contribution is 0.171. The van der Waals surface area contributed by atoms with Crippen LogP contribution >= 0.6 is 12.4 Å². The van der Waals surface area contributed by atoms with E-state index in [1.165, 1.54) is 0 Å². The summed E-state index contributed by atoms with van der Waals surface area (Å²) in [4.78, 5) is 0. The number of rotatable bonds is 3. The Kier molecular flexibility index (Phi) is 4.83. The van der Waals surface area contributed by atoms with E-state index < -0.39 is 6.67 Å². The maximum atomic E-state index is 12.1. The summed E-state index contributed by atoms with van der Waals surface area (Å²) in [5.41, 5.74) is 6.69. The highest BCUT2D eigenvalue weighted by Crippen LogP contribution is 2.32. The third-order valence-corrected chi connectivity index (χ3v) is 2.41. The normalized spacial score (nSPS) is 15.1. The Bertz CT molecular complexity index is 349. The molecule has 1 heterocycles. The second-order valence-electron chi connectivity index (χ2n) is 3.49. The molecule has 2 N–H and O–H groups in total. The molecule has 5 heteroatoms. The van der Waals surface area contributed by atoms with Crippen molar-refractivity contribution in [3.8, 4) is 11.5 Å². The highest BCUT2D eigenvalue weighted by Gasteiger charge is 2.14. The van der Waals surface area contributed by atoms with Crippen LogP contribution in [0.25, 0.3) is 0 Å². The zero-order valence-corrected chi connectivity index (χ0v) is 9.63. The number of hydrogen-bond donors (Lipinski definition) is 1. The molecule has 90 valence electrons. The molecule has 0 unspecified atom stereocenters. The molecule has 2 rings (SSSR count). The van der Waals surface area contributed by atoms with E-state index in [0.29, 0.717) is 25.4 Å². The van der Waals surface area contributed by atoms with Crippen LogP contribution in [0.4, 0.5) is 4.39 Å². The van der Waals surface area contributed by atoms with Crippen molar-refractivity contribution in [3.63, 3.8) is 0 Å². The molecule has 0 spiro atoms. The van der Waals surface area contributed by atoms with Crippen LogP contribution in [-0.4, -0.2) is 19.9 Å². The van der Waals surface area contributed by atoms with E-state index in [-0.39, 0.29) is 18.4 Å². The fourth-order valence-electron chi connectivity index (χ4n) is 1.57. The Morgan fingerprint density at radius 3 is 2.62 bits per heavy atom. The van der Waals surface area contributed by atoms with E-state index in [0.717, 1.165) is 11.3 Å². The second-order valence-corrected chi connectivity index (χ2v) is 3.49. The van der Waals surface area contributed by atoms with Crippen molar-refractivity contribution in [2.24, 2.45) is 5.73 Å². The molecule has 0 aliphatic carbocycles. The molecule has 0 radical (unpaired) electrons. The largest absolute Gasteiger partial charge is 0.486 e. The molecule has 3 nitrogen and oxygen atoms in total. The van der Waals surface area contributed by atoms with Crippen molar-refractivity contribution in [2.45, 2.75) is 12.5 Å². The van der Waals surface area contributed by atoms with Crippen LogP contribution in [0.15, 0.2) is 18.2 Å². The third kappa shape index (κ3) is 2.77. The predicted molar refractivity (Wildman–Crippen MR) is 62.2 cm³/mol. The molecule has 16 heavy (non-hydrogen) atoms. The first kappa shape index (κ1) is 13.1. The van der Waals surface area contributed by atoms with Gasteiger partial charge in [0.15, 0.2) is 11.5 Å². The van der Waals surface area contributed by atoms with Crippen LogP contribution in [0.3, 0.4) is 0 Å². The van der Waals surface area contributed by atoms with Crippen LogP contribution in [-0.2, 0) is 0 Å². The molecule has 0 fully saturated rings. The zero-order valence-electron chi connectivity index (χ0n) is 8.82. The summed E-state index contributed by atoms with van der Waals surface area (Å²) < 4.78 is 22.9. The van der Waals surface area contributed by atoms with Crippen molar-refractivity contribution >= 4 is 12.4 Å². The number of hydrogen-bond acceptors (Lipinski definition) is 3. The molecular formula is C11H15ClFNO2. The van der Waals surface area contributed by atoms with Gasteiger partial charge in [0, 0.05) is 6.04 Å². The number of nitrogens with two attached hydrogens (primary N) is 1. The molecule has 0 aromatic heterocycles. The Morgan fingerprint density at radius 1 is 1.25 bits per heavy atom. The minimum Gasteiger partial charge on any atom is -0.486 e. The standard InChI is InChI=1S/C11H14FNO2.ClH/c12-4-3-9(13)8-1-2-10-11(7-8)15-6-5-14-10;/h1-2,7,9H,3-6,13H2;1H/t9-;/m1./s1. The fraction of sp³-hybridized carbons (Fsp3) is 0.455. The van der Waals surface area contributed by atoms with E-state index in [2.05, 4.69) is 0 Å². The van der Waals surface area contributed by atoms with Gasteiger partial charge in [0.2, 0.25) is 0 Å². The Morgan fingerprint density at radius 2 is 1.94 bits per heavy atom. The third-order valence-electron chi connectivity index (χ3n) is 2.41. The van der Waals surface area contributed by atoms with Gasteiger partial charge < -0.3 is 15.2 Å². The Hall–Kier alpha value is -1.00. The van der Waals surface area contributed by atoms with Gasteiger partial charge in [-0.1, -0.05) is 6.07 Å². The minimum absolute atomic E-state index is 0. The van der Waals surface area contributed by atoms with Gasteiger partial charge in [0.25, 0.3) is 0 Å². The van der Waals surface area contributed by atoms with Crippen LogP contribution in [0.2, 0.25) is 0 Å². The molecule has 0 bridgehead atoms. The van der Waals surface area contributed by atoms with Gasteiger partial charge in [-0.2, -0.15) is 0 Å². The van der Waals surface area contributed by atoms with Gasteiger partial charge in [-0.25, -0.2) is 0 Å². The van der Waals surface area contributed by atoms with Crippen LogP contribution in [0.1, 0.15) is 18.0 Å². The summed E-state index contributed by atoms with van der Waals surface area (Å²) in [5, 5.41) is 0. The molecule has 0 saturated carbocycles. The maximum absolute atomic E-state index is 12.1. The lowest BCUT2D eigenvalue weighted by atomic mass is 10.0. The van der Waals surface area contributed by atoms with Gasteiger partial charge in [0.1, 0.15) is 13.2 Å². The first-order valence-electron chi connectivity index (χ1n) is 5.02. The SMILES string of the molecule is Cl.N[C@H](CCF)c1ccc2c(c1)OCCO2. The van der Waals surface area contributed by atoms with Crippen molar-refractivity contribution in [1.82, 2.24) is 0 Å². The molecule has 1 atom stereocenters. The van der Waals surface area contributed by atoms with Gasteiger partial charge in [-0.3, -0.25) is 4.39 Å². The van der Waals surface area contributed by atoms with Gasteiger partial charge in [-0.15, -0.1) is 12.4 Å². The van der Waals surface area contributed by atoms with Crippen LogP contribution in [0, 0.1) is 0 Å². The van der Waals surface area contributed by atoms with Gasteiger partial charge in [-0.05, 0) is 24.1 Å². The van der Waals surface area contributed by atoms with E-state index in [1.54, 1.807) is 0 Å². The van der Waals surface area contributed by atoms with E-state index in [4.69, 9.17) is 15.2 Å². The summed E-state index contributed by atoms with van der Waals surface area (Å²) in [6, 6.07) is 5.23. The van der Waals surface area contributed by atoms with Crippen molar-refractivity contribution in [3.05, 3.63) is 23.8 Å². The number of alkyl halides is 1. The van der Waals surface area contributed by atoms with Gasteiger partial charge in [0.05, 0.1) is 6.67 Å². The molecule has 1 aliphatic rings. The minimum atomic E-state index is -0.407. The number of halogens is 2. The second kappa shape index (κ2) is 5.92. The van der Waals surface area contributed by atoms with Crippen molar-refractivity contribution in [2.75, 3.05) is 19.9 Å². The molecule has 0 saturated heterocycles. The summed E-state index contributed by atoms with van der Waals surface area (Å²) in [7, 11) is 0. The lowest BCUT2D eigenvalue weighted by Gasteiger charge is -2.20. The van der Waals surface area contributed by atoms with Crippen molar-refractivity contribution in [1.29, 1.82) is 0 Å². The average molecular weight is 248 g/mol. The monoisotopic (exact) mass is 247 g/mol. The van der Waals surface area contributed by atoms with Crippen LogP contribution in [0.5, 0.6) is 11.5 Å². The molecule has 1 aromatic rings. The average Bonchev–Trinajstić information content (AvgIpc) is 2.29. The van der Waals surface area contributed by atoms with Crippen molar-refractivity contribution < 1.29 is 13.9 Å². The highest BCUT2D eigenvalue weighted by atomic mass is 35.5. The number of ether oxygens (including phenoxy) is 2. The fourth-order valence-corrected chi connectivity index (χ4v) is 1.57. The van der Waals surface area contributed by atoms with Gasteiger partial charge >= 0.3 is 0 Å². The molecule has 1 aromatic carbocycles. The molecule has 1 aliphatic heterocycles. The first-order valence-corrected chi connectivity index (χ1v) is 5.02. The molecule has 0 amide bonds. The number of fused-ring (bicyclic) bond motifs is 1. The molecular weight excluding hydrogens is 233 g/mol. The summed E-state index contributed by atoms with van der Waals surface area (Å²) >= 11 is 0.